The fourth-order valence-electron chi connectivity index (χ4n) is 4.30. The van der Waals surface area contributed by atoms with E-state index in [0.717, 1.165) is 76.1 Å². The van der Waals surface area contributed by atoms with Gasteiger partial charge in [-0.15, -0.1) is 0 Å². The van der Waals surface area contributed by atoms with E-state index in [1.807, 2.05) is 6.20 Å². The summed E-state index contributed by atoms with van der Waals surface area (Å²) in [6, 6.07) is 4.22. The second kappa shape index (κ2) is 10.4. The van der Waals surface area contributed by atoms with Crippen molar-refractivity contribution in [3.63, 3.8) is 0 Å². The van der Waals surface area contributed by atoms with Gasteiger partial charge in [0.05, 0.1) is 32.0 Å². The minimum Gasteiger partial charge on any atom is -0.375 e. The van der Waals surface area contributed by atoms with Crippen molar-refractivity contribution in [1.29, 1.82) is 0 Å². The number of nitrogens with one attached hydrogen (secondary N) is 1. The molecule has 0 spiro atoms. The van der Waals surface area contributed by atoms with Gasteiger partial charge in [0.15, 0.2) is 5.96 Å². The predicted molar refractivity (Wildman–Crippen MR) is 117 cm³/mol. The second-order valence-corrected chi connectivity index (χ2v) is 8.23. The Kier molecular flexibility index (Phi) is 7.41. The Balaban J connectivity index is 1.37. The molecule has 3 saturated heterocycles. The summed E-state index contributed by atoms with van der Waals surface area (Å²) in [7, 11) is 0. The SMILES string of the molecule is CCNC(=NCc1ccc(N2CCOC(C)C2)nc1)N1CCOC(C2CCCO2)C1. The lowest BCUT2D eigenvalue weighted by molar-refractivity contribution is -0.0817. The van der Waals surface area contributed by atoms with Crippen LogP contribution in [-0.4, -0.2) is 86.7 Å². The number of ether oxygens (including phenoxy) is 3. The van der Waals surface area contributed by atoms with Gasteiger partial charge in [0.1, 0.15) is 11.9 Å². The molecule has 3 fully saturated rings. The number of pyridine rings is 1. The van der Waals surface area contributed by atoms with E-state index in [2.05, 4.69) is 46.1 Å². The number of nitrogens with zero attached hydrogens (tertiary/aromatic N) is 4. The molecule has 1 aromatic heterocycles. The Morgan fingerprint density at radius 1 is 1.13 bits per heavy atom. The normalized spacial score (nSPS) is 28.1. The van der Waals surface area contributed by atoms with Gasteiger partial charge in [-0.25, -0.2) is 9.98 Å². The van der Waals surface area contributed by atoms with Crippen LogP contribution in [0, 0.1) is 0 Å². The van der Waals surface area contributed by atoms with Crippen LogP contribution in [0.1, 0.15) is 32.3 Å². The molecule has 0 bridgehead atoms. The molecule has 0 aromatic carbocycles. The first-order valence-corrected chi connectivity index (χ1v) is 11.3. The number of aliphatic imine (C=N–C) groups is 1. The number of rotatable bonds is 5. The average molecular weight is 418 g/mol. The van der Waals surface area contributed by atoms with Crippen LogP contribution in [0.4, 0.5) is 5.82 Å². The highest BCUT2D eigenvalue weighted by Gasteiger charge is 2.32. The van der Waals surface area contributed by atoms with Crippen LogP contribution in [0.25, 0.3) is 0 Å². The molecule has 0 radical (unpaired) electrons. The van der Waals surface area contributed by atoms with Gasteiger partial charge in [0.2, 0.25) is 0 Å². The maximum absolute atomic E-state index is 5.99. The summed E-state index contributed by atoms with van der Waals surface area (Å²) in [4.78, 5) is 14.1. The van der Waals surface area contributed by atoms with E-state index in [0.29, 0.717) is 13.2 Å². The third-order valence-corrected chi connectivity index (χ3v) is 5.89. The Hall–Kier alpha value is -1.90. The summed E-state index contributed by atoms with van der Waals surface area (Å²) >= 11 is 0. The summed E-state index contributed by atoms with van der Waals surface area (Å²) < 4.78 is 17.5. The molecule has 0 aliphatic carbocycles. The third-order valence-electron chi connectivity index (χ3n) is 5.89. The van der Waals surface area contributed by atoms with Gasteiger partial charge in [0.25, 0.3) is 0 Å². The number of anilines is 1. The summed E-state index contributed by atoms with van der Waals surface area (Å²) in [5.74, 6) is 1.95. The van der Waals surface area contributed by atoms with Crippen LogP contribution in [-0.2, 0) is 20.8 Å². The first-order valence-electron chi connectivity index (χ1n) is 11.3. The zero-order valence-corrected chi connectivity index (χ0v) is 18.3. The van der Waals surface area contributed by atoms with Gasteiger partial charge >= 0.3 is 0 Å². The number of hydrogen-bond acceptors (Lipinski definition) is 6. The van der Waals surface area contributed by atoms with Crippen molar-refractivity contribution in [2.75, 3.05) is 57.4 Å². The Bertz CT molecular complexity index is 693. The van der Waals surface area contributed by atoms with E-state index in [1.54, 1.807) is 0 Å². The zero-order valence-electron chi connectivity index (χ0n) is 18.3. The summed E-state index contributed by atoms with van der Waals surface area (Å²) in [6.07, 6.45) is 4.76. The van der Waals surface area contributed by atoms with Crippen LogP contribution in [0.2, 0.25) is 0 Å². The third kappa shape index (κ3) is 5.42. The summed E-state index contributed by atoms with van der Waals surface area (Å²) in [5, 5.41) is 3.44. The fraction of sp³-hybridized carbons (Fsp3) is 0.727. The van der Waals surface area contributed by atoms with E-state index >= 15 is 0 Å². The van der Waals surface area contributed by atoms with Crippen LogP contribution in [0.5, 0.6) is 0 Å². The van der Waals surface area contributed by atoms with Crippen molar-refractivity contribution in [1.82, 2.24) is 15.2 Å². The van der Waals surface area contributed by atoms with Gasteiger partial charge in [-0.05, 0) is 38.3 Å². The molecule has 3 unspecified atom stereocenters. The van der Waals surface area contributed by atoms with Crippen molar-refractivity contribution in [3.8, 4) is 0 Å². The molecule has 4 heterocycles. The van der Waals surface area contributed by atoms with Gasteiger partial charge < -0.3 is 29.3 Å². The first-order chi connectivity index (χ1) is 14.7. The van der Waals surface area contributed by atoms with Crippen LogP contribution in [0.3, 0.4) is 0 Å². The molecule has 3 atom stereocenters. The number of morpholine rings is 2. The largest absolute Gasteiger partial charge is 0.375 e. The summed E-state index contributed by atoms with van der Waals surface area (Å²) in [6.45, 7) is 11.4. The lowest BCUT2D eigenvalue weighted by atomic mass is 10.1. The lowest BCUT2D eigenvalue weighted by Crippen LogP contribution is -2.53. The Labute approximate surface area is 179 Å². The average Bonchev–Trinajstić information content (AvgIpc) is 3.32. The molecule has 0 saturated carbocycles. The lowest BCUT2D eigenvalue weighted by Gasteiger charge is -2.37. The van der Waals surface area contributed by atoms with Gasteiger partial charge in [-0.3, -0.25) is 0 Å². The van der Waals surface area contributed by atoms with Gasteiger partial charge in [0, 0.05) is 45.5 Å². The molecule has 8 nitrogen and oxygen atoms in total. The minimum atomic E-state index is 0.127. The Morgan fingerprint density at radius 3 is 2.73 bits per heavy atom. The highest BCUT2D eigenvalue weighted by Crippen LogP contribution is 2.21. The molecule has 0 amide bonds. The quantitative estimate of drug-likeness (QED) is 0.577. The topological polar surface area (TPSA) is 71.5 Å². The molecule has 1 aromatic rings. The van der Waals surface area contributed by atoms with E-state index < -0.39 is 0 Å². The van der Waals surface area contributed by atoms with Crippen molar-refractivity contribution >= 4 is 11.8 Å². The number of aromatic nitrogens is 1. The molecule has 3 aliphatic heterocycles. The van der Waals surface area contributed by atoms with Crippen molar-refractivity contribution in [2.24, 2.45) is 4.99 Å². The van der Waals surface area contributed by atoms with E-state index in [-0.39, 0.29) is 18.3 Å². The number of guanidine groups is 1. The van der Waals surface area contributed by atoms with Crippen molar-refractivity contribution < 1.29 is 14.2 Å². The van der Waals surface area contributed by atoms with Gasteiger partial charge in [-0.2, -0.15) is 0 Å². The highest BCUT2D eigenvalue weighted by atomic mass is 16.5. The molecule has 166 valence electrons. The van der Waals surface area contributed by atoms with Crippen LogP contribution in [0.15, 0.2) is 23.3 Å². The van der Waals surface area contributed by atoms with Gasteiger partial charge in [-0.1, -0.05) is 6.07 Å². The number of hydrogen-bond donors (Lipinski definition) is 1. The second-order valence-electron chi connectivity index (χ2n) is 8.23. The molecular formula is C22H35N5O3. The standard InChI is InChI=1S/C22H35N5O3/c1-3-23-22(27-9-12-30-20(16-27)19-5-4-10-29-19)25-14-18-6-7-21(24-13-18)26-8-11-28-17(2)15-26/h6-7,13,17,19-20H,3-5,8-12,14-16H2,1-2H3,(H,23,25). The van der Waals surface area contributed by atoms with Crippen molar-refractivity contribution in [2.45, 2.75) is 51.5 Å². The molecule has 8 heteroatoms. The van der Waals surface area contributed by atoms with Crippen LogP contribution < -0.4 is 10.2 Å². The minimum absolute atomic E-state index is 0.127. The molecule has 30 heavy (non-hydrogen) atoms. The molecular weight excluding hydrogens is 382 g/mol. The monoisotopic (exact) mass is 417 g/mol. The first kappa shape index (κ1) is 21.3. The molecule has 3 aliphatic rings. The van der Waals surface area contributed by atoms with E-state index in [9.17, 15) is 0 Å². The smallest absolute Gasteiger partial charge is 0.194 e. The highest BCUT2D eigenvalue weighted by molar-refractivity contribution is 5.80. The van der Waals surface area contributed by atoms with Crippen LogP contribution >= 0.6 is 0 Å². The predicted octanol–water partition coefficient (Wildman–Crippen LogP) is 1.65. The zero-order chi connectivity index (χ0) is 20.8. The van der Waals surface area contributed by atoms with Crippen molar-refractivity contribution in [3.05, 3.63) is 23.9 Å². The van der Waals surface area contributed by atoms with E-state index in [4.69, 9.17) is 19.2 Å². The van der Waals surface area contributed by atoms with E-state index in [1.165, 1.54) is 0 Å². The fourth-order valence-corrected chi connectivity index (χ4v) is 4.30. The molecule has 1 N–H and O–H groups in total. The maximum atomic E-state index is 5.99. The summed E-state index contributed by atoms with van der Waals surface area (Å²) in [5.41, 5.74) is 1.11. The Morgan fingerprint density at radius 2 is 2.00 bits per heavy atom. The maximum Gasteiger partial charge on any atom is 0.194 e. The molecule has 4 rings (SSSR count).